The molecule has 1 heterocycles. The maximum absolute atomic E-state index is 9.74. The molecule has 0 bridgehead atoms. The number of methoxy groups -OCH3 is 1. The van der Waals surface area contributed by atoms with Gasteiger partial charge in [-0.15, -0.1) is 0 Å². The van der Waals surface area contributed by atoms with Crippen molar-refractivity contribution in [3.63, 3.8) is 0 Å². The van der Waals surface area contributed by atoms with E-state index in [9.17, 15) is 5.11 Å². The van der Waals surface area contributed by atoms with Crippen LogP contribution in [0, 0.1) is 5.92 Å². The lowest BCUT2D eigenvalue weighted by molar-refractivity contribution is 0.123. The Morgan fingerprint density at radius 1 is 1.18 bits per heavy atom. The van der Waals surface area contributed by atoms with Crippen LogP contribution in [-0.4, -0.2) is 36.8 Å². The molecule has 2 unspecified atom stereocenters. The van der Waals surface area contributed by atoms with E-state index in [-0.39, 0.29) is 18.6 Å². The Morgan fingerprint density at radius 2 is 1.77 bits per heavy atom. The third-order valence-corrected chi connectivity index (χ3v) is 4.84. The van der Waals surface area contributed by atoms with E-state index in [4.69, 9.17) is 16.3 Å². The standard InChI is InChI=1S/C18H28ClNO2/c1-12(2)15-9-14(19)10-16(18(15)22-4)17(13(3)11-21)20-7-5-6-8-20/h9-10,12-13,17,21H,5-8,11H2,1-4H3. The van der Waals surface area contributed by atoms with Crippen molar-refractivity contribution in [3.05, 3.63) is 28.3 Å². The molecular formula is C18H28ClNO2. The van der Waals surface area contributed by atoms with Crippen LogP contribution in [0.1, 0.15) is 56.7 Å². The van der Waals surface area contributed by atoms with Crippen LogP contribution >= 0.6 is 11.6 Å². The van der Waals surface area contributed by atoms with Crippen LogP contribution in [-0.2, 0) is 0 Å². The van der Waals surface area contributed by atoms with Gasteiger partial charge in [0.25, 0.3) is 0 Å². The monoisotopic (exact) mass is 325 g/mol. The lowest BCUT2D eigenvalue weighted by Crippen LogP contribution is -2.32. The molecule has 124 valence electrons. The molecule has 1 aliphatic heterocycles. The second kappa shape index (κ2) is 7.67. The van der Waals surface area contributed by atoms with E-state index in [0.29, 0.717) is 5.92 Å². The first-order valence-electron chi connectivity index (χ1n) is 8.21. The van der Waals surface area contributed by atoms with Crippen molar-refractivity contribution in [2.45, 2.75) is 45.6 Å². The molecule has 1 saturated heterocycles. The summed E-state index contributed by atoms with van der Waals surface area (Å²) in [5, 5.41) is 10.5. The Morgan fingerprint density at radius 3 is 2.27 bits per heavy atom. The summed E-state index contributed by atoms with van der Waals surface area (Å²) in [5.41, 5.74) is 2.25. The van der Waals surface area contributed by atoms with E-state index < -0.39 is 0 Å². The molecule has 1 aromatic carbocycles. The predicted molar refractivity (Wildman–Crippen MR) is 91.9 cm³/mol. The minimum absolute atomic E-state index is 0.144. The zero-order chi connectivity index (χ0) is 16.3. The summed E-state index contributed by atoms with van der Waals surface area (Å²) < 4.78 is 5.76. The van der Waals surface area contributed by atoms with Gasteiger partial charge in [-0.2, -0.15) is 0 Å². The summed E-state index contributed by atoms with van der Waals surface area (Å²) in [4.78, 5) is 2.46. The summed E-state index contributed by atoms with van der Waals surface area (Å²) >= 11 is 6.39. The van der Waals surface area contributed by atoms with Crippen LogP contribution in [0.2, 0.25) is 5.02 Å². The zero-order valence-corrected chi connectivity index (χ0v) is 14.9. The fourth-order valence-corrected chi connectivity index (χ4v) is 3.74. The van der Waals surface area contributed by atoms with E-state index in [0.717, 1.165) is 35.0 Å². The molecule has 3 nitrogen and oxygen atoms in total. The molecule has 1 aromatic rings. The molecule has 4 heteroatoms. The van der Waals surface area contributed by atoms with Crippen LogP contribution in [0.4, 0.5) is 0 Å². The number of hydrogen-bond donors (Lipinski definition) is 1. The van der Waals surface area contributed by atoms with Crippen molar-refractivity contribution in [1.29, 1.82) is 0 Å². The maximum Gasteiger partial charge on any atom is 0.127 e. The average molecular weight is 326 g/mol. The molecular weight excluding hydrogens is 298 g/mol. The fraction of sp³-hybridized carbons (Fsp3) is 0.667. The predicted octanol–water partition coefficient (Wildman–Crippen LogP) is 4.24. The molecule has 1 N–H and O–H groups in total. The van der Waals surface area contributed by atoms with Gasteiger partial charge in [-0.25, -0.2) is 0 Å². The number of likely N-dealkylation sites (tertiary alicyclic amines) is 1. The minimum Gasteiger partial charge on any atom is -0.496 e. The van der Waals surface area contributed by atoms with Gasteiger partial charge in [-0.05, 0) is 55.5 Å². The number of aliphatic hydroxyl groups is 1. The summed E-state index contributed by atoms with van der Waals surface area (Å²) in [6, 6.07) is 4.17. The molecule has 0 radical (unpaired) electrons. The van der Waals surface area contributed by atoms with Gasteiger partial charge in [0.15, 0.2) is 0 Å². The molecule has 1 aliphatic rings. The van der Waals surface area contributed by atoms with E-state index in [1.807, 2.05) is 12.1 Å². The molecule has 22 heavy (non-hydrogen) atoms. The highest BCUT2D eigenvalue weighted by molar-refractivity contribution is 6.30. The number of rotatable bonds is 6. The van der Waals surface area contributed by atoms with Crippen molar-refractivity contribution < 1.29 is 9.84 Å². The van der Waals surface area contributed by atoms with Gasteiger partial charge in [0.1, 0.15) is 5.75 Å². The summed E-state index contributed by atoms with van der Waals surface area (Å²) in [6.07, 6.45) is 2.43. The highest BCUT2D eigenvalue weighted by Gasteiger charge is 2.31. The molecule has 2 rings (SSSR count). The van der Waals surface area contributed by atoms with Gasteiger partial charge >= 0.3 is 0 Å². The normalized spacial score (nSPS) is 18.7. The lowest BCUT2D eigenvalue weighted by atomic mass is 9.89. The van der Waals surface area contributed by atoms with E-state index in [2.05, 4.69) is 25.7 Å². The summed E-state index contributed by atoms with van der Waals surface area (Å²) in [7, 11) is 1.73. The second-order valence-corrected chi connectivity index (χ2v) is 7.06. The minimum atomic E-state index is 0.144. The maximum atomic E-state index is 9.74. The van der Waals surface area contributed by atoms with Crippen LogP contribution in [0.25, 0.3) is 0 Å². The Labute approximate surface area is 139 Å². The van der Waals surface area contributed by atoms with Crippen LogP contribution in [0.5, 0.6) is 5.75 Å². The van der Waals surface area contributed by atoms with Crippen molar-refractivity contribution in [2.24, 2.45) is 5.92 Å². The van der Waals surface area contributed by atoms with Gasteiger partial charge in [0.2, 0.25) is 0 Å². The number of halogens is 1. The number of nitrogens with zero attached hydrogens (tertiary/aromatic N) is 1. The Balaban J connectivity index is 2.54. The first kappa shape index (κ1) is 17.6. The van der Waals surface area contributed by atoms with E-state index >= 15 is 0 Å². The highest BCUT2D eigenvalue weighted by Crippen LogP contribution is 2.42. The van der Waals surface area contributed by atoms with Crippen molar-refractivity contribution in [3.8, 4) is 5.75 Å². The number of ether oxygens (including phenoxy) is 1. The fourth-order valence-electron chi connectivity index (χ4n) is 3.50. The quantitative estimate of drug-likeness (QED) is 0.849. The molecule has 0 amide bonds. The third kappa shape index (κ3) is 3.58. The Kier molecular flexibility index (Phi) is 6.13. The van der Waals surface area contributed by atoms with Crippen LogP contribution < -0.4 is 4.74 Å². The van der Waals surface area contributed by atoms with Crippen LogP contribution in [0.15, 0.2) is 12.1 Å². The molecule has 0 aromatic heterocycles. The lowest BCUT2D eigenvalue weighted by Gasteiger charge is -2.34. The molecule has 0 aliphatic carbocycles. The first-order valence-corrected chi connectivity index (χ1v) is 8.59. The Hall–Kier alpha value is -0.770. The summed E-state index contributed by atoms with van der Waals surface area (Å²) in [6.45, 7) is 8.70. The topological polar surface area (TPSA) is 32.7 Å². The molecule has 1 fully saturated rings. The van der Waals surface area contributed by atoms with Gasteiger partial charge in [0.05, 0.1) is 7.11 Å². The van der Waals surface area contributed by atoms with E-state index in [1.54, 1.807) is 7.11 Å². The average Bonchev–Trinajstić information content (AvgIpc) is 3.00. The van der Waals surface area contributed by atoms with Crippen LogP contribution in [0.3, 0.4) is 0 Å². The van der Waals surface area contributed by atoms with Crippen molar-refractivity contribution in [1.82, 2.24) is 4.90 Å². The van der Waals surface area contributed by atoms with Crippen molar-refractivity contribution in [2.75, 3.05) is 26.8 Å². The van der Waals surface area contributed by atoms with Gasteiger partial charge in [0, 0.05) is 23.2 Å². The Bertz CT molecular complexity index is 498. The highest BCUT2D eigenvalue weighted by atomic mass is 35.5. The smallest absolute Gasteiger partial charge is 0.127 e. The van der Waals surface area contributed by atoms with Crippen molar-refractivity contribution >= 4 is 11.6 Å². The molecule has 2 atom stereocenters. The molecule has 0 saturated carbocycles. The first-order chi connectivity index (χ1) is 10.5. The van der Waals surface area contributed by atoms with E-state index in [1.165, 1.54) is 12.8 Å². The van der Waals surface area contributed by atoms with Gasteiger partial charge in [-0.3, -0.25) is 4.90 Å². The number of benzene rings is 1. The molecule has 0 spiro atoms. The SMILES string of the molecule is COc1c(C(C)C)cc(Cl)cc1C(C(C)CO)N1CCCC1. The third-order valence-electron chi connectivity index (χ3n) is 4.62. The largest absolute Gasteiger partial charge is 0.496 e. The zero-order valence-electron chi connectivity index (χ0n) is 14.1. The van der Waals surface area contributed by atoms with Gasteiger partial charge < -0.3 is 9.84 Å². The van der Waals surface area contributed by atoms with Gasteiger partial charge in [-0.1, -0.05) is 32.4 Å². The number of aliphatic hydroxyl groups excluding tert-OH is 1. The number of hydrogen-bond acceptors (Lipinski definition) is 3. The second-order valence-electron chi connectivity index (χ2n) is 6.62. The summed E-state index contributed by atoms with van der Waals surface area (Å²) in [5.74, 6) is 1.41.